The number of esters is 1. The van der Waals surface area contributed by atoms with Crippen LogP contribution >= 0.6 is 0 Å². The van der Waals surface area contributed by atoms with Crippen molar-refractivity contribution in [2.75, 3.05) is 6.61 Å². The molecule has 1 aromatic heterocycles. The van der Waals surface area contributed by atoms with Gasteiger partial charge in [-0.25, -0.2) is 4.79 Å². The van der Waals surface area contributed by atoms with E-state index in [1.54, 1.807) is 20.8 Å². The third-order valence-electron chi connectivity index (χ3n) is 4.91. The first-order valence-corrected chi connectivity index (χ1v) is 9.27. The van der Waals surface area contributed by atoms with Gasteiger partial charge in [-0.05, 0) is 58.4 Å². The van der Waals surface area contributed by atoms with Gasteiger partial charge in [0.15, 0.2) is 5.60 Å². The number of fused-ring (bicyclic) bond motifs is 1. The Balaban J connectivity index is 2.09. The predicted molar refractivity (Wildman–Crippen MR) is 109 cm³/mol. The summed E-state index contributed by atoms with van der Waals surface area (Å²) in [4.78, 5) is 12.2. The fourth-order valence-corrected chi connectivity index (χ4v) is 3.42. The third kappa shape index (κ3) is 3.57. The summed E-state index contributed by atoms with van der Waals surface area (Å²) in [5.74, 6) is 0.285. The highest BCUT2D eigenvalue weighted by molar-refractivity contribution is 5.99. The van der Waals surface area contributed by atoms with Gasteiger partial charge in [-0.15, -0.1) is 0 Å². The molecule has 3 rings (SSSR count). The van der Waals surface area contributed by atoms with Crippen LogP contribution in [0, 0.1) is 13.8 Å². The van der Waals surface area contributed by atoms with Crippen molar-refractivity contribution in [3.05, 3.63) is 53.7 Å². The molecule has 0 bridgehead atoms. The third-order valence-corrected chi connectivity index (χ3v) is 4.91. The van der Waals surface area contributed by atoms with E-state index in [0.29, 0.717) is 12.4 Å². The van der Waals surface area contributed by atoms with Crippen LogP contribution in [-0.4, -0.2) is 22.7 Å². The van der Waals surface area contributed by atoms with Gasteiger partial charge in [-0.2, -0.15) is 0 Å². The monoisotopic (exact) mass is 365 g/mol. The largest absolute Gasteiger partial charge is 0.476 e. The lowest BCUT2D eigenvalue weighted by molar-refractivity contribution is -0.158. The number of hydrogen-bond donors (Lipinski definition) is 0. The summed E-state index contributed by atoms with van der Waals surface area (Å²) in [6.07, 6.45) is 0. The summed E-state index contributed by atoms with van der Waals surface area (Å²) in [7, 11) is 2.07. The molecular formula is C23H27NO3. The smallest absolute Gasteiger partial charge is 0.349 e. The van der Waals surface area contributed by atoms with Crippen LogP contribution in [0.15, 0.2) is 42.5 Å². The summed E-state index contributed by atoms with van der Waals surface area (Å²) in [5.41, 5.74) is 4.87. The van der Waals surface area contributed by atoms with Gasteiger partial charge in [0, 0.05) is 29.2 Å². The number of aromatic nitrogens is 1. The van der Waals surface area contributed by atoms with Crippen molar-refractivity contribution < 1.29 is 14.3 Å². The molecule has 0 unspecified atom stereocenters. The minimum Gasteiger partial charge on any atom is -0.476 e. The zero-order chi connectivity index (χ0) is 19.8. The van der Waals surface area contributed by atoms with Gasteiger partial charge in [0.2, 0.25) is 0 Å². The number of rotatable bonds is 5. The SMILES string of the molecule is CCOC(=O)C(C)(C)Oc1ccc2c(c1)c(-c1cccc(C)c1)c(C)n2C. The molecule has 27 heavy (non-hydrogen) atoms. The highest BCUT2D eigenvalue weighted by Crippen LogP contribution is 2.37. The van der Waals surface area contributed by atoms with Crippen molar-refractivity contribution in [3.63, 3.8) is 0 Å². The van der Waals surface area contributed by atoms with Crippen LogP contribution in [0.25, 0.3) is 22.0 Å². The molecule has 0 aliphatic heterocycles. The molecular weight excluding hydrogens is 338 g/mol. The second-order valence-corrected chi connectivity index (χ2v) is 7.40. The average molecular weight is 365 g/mol. The van der Waals surface area contributed by atoms with Gasteiger partial charge in [0.1, 0.15) is 5.75 Å². The number of carbonyl (C=O) groups is 1. The fourth-order valence-electron chi connectivity index (χ4n) is 3.42. The number of carbonyl (C=O) groups excluding carboxylic acids is 1. The summed E-state index contributed by atoms with van der Waals surface area (Å²) in [6.45, 7) is 9.81. The normalized spacial score (nSPS) is 11.6. The Morgan fingerprint density at radius 2 is 1.85 bits per heavy atom. The van der Waals surface area contributed by atoms with E-state index in [9.17, 15) is 4.79 Å². The molecule has 0 amide bonds. The number of nitrogens with zero attached hydrogens (tertiary/aromatic N) is 1. The first-order chi connectivity index (χ1) is 12.7. The Labute approximate surface area is 160 Å². The van der Waals surface area contributed by atoms with Crippen molar-refractivity contribution >= 4 is 16.9 Å². The topological polar surface area (TPSA) is 40.5 Å². The van der Waals surface area contributed by atoms with Crippen LogP contribution in [0.1, 0.15) is 32.0 Å². The van der Waals surface area contributed by atoms with Crippen molar-refractivity contribution in [2.24, 2.45) is 7.05 Å². The Morgan fingerprint density at radius 1 is 1.11 bits per heavy atom. The van der Waals surface area contributed by atoms with Crippen LogP contribution in [0.4, 0.5) is 0 Å². The van der Waals surface area contributed by atoms with Crippen molar-refractivity contribution in [1.82, 2.24) is 4.57 Å². The Kier molecular flexibility index (Phi) is 5.01. The Hall–Kier alpha value is -2.75. The molecule has 1 heterocycles. The molecule has 2 aromatic carbocycles. The molecule has 0 N–H and O–H groups in total. The van der Waals surface area contributed by atoms with Gasteiger partial charge >= 0.3 is 5.97 Å². The van der Waals surface area contributed by atoms with E-state index < -0.39 is 5.60 Å². The van der Waals surface area contributed by atoms with E-state index in [4.69, 9.17) is 9.47 Å². The zero-order valence-corrected chi connectivity index (χ0v) is 16.9. The minimum absolute atomic E-state index is 0.333. The summed E-state index contributed by atoms with van der Waals surface area (Å²) in [6, 6.07) is 14.5. The van der Waals surface area contributed by atoms with E-state index in [-0.39, 0.29) is 5.97 Å². The van der Waals surface area contributed by atoms with Gasteiger partial charge in [0.25, 0.3) is 0 Å². The molecule has 0 aliphatic rings. The number of ether oxygens (including phenoxy) is 2. The zero-order valence-electron chi connectivity index (χ0n) is 16.9. The molecule has 0 saturated heterocycles. The van der Waals surface area contributed by atoms with Gasteiger partial charge in [-0.3, -0.25) is 0 Å². The van der Waals surface area contributed by atoms with Crippen LogP contribution < -0.4 is 4.74 Å². The maximum Gasteiger partial charge on any atom is 0.349 e. The van der Waals surface area contributed by atoms with Crippen LogP contribution in [-0.2, 0) is 16.6 Å². The lowest BCUT2D eigenvalue weighted by Crippen LogP contribution is -2.39. The second kappa shape index (κ2) is 7.10. The molecule has 0 radical (unpaired) electrons. The average Bonchev–Trinajstić information content (AvgIpc) is 2.85. The second-order valence-electron chi connectivity index (χ2n) is 7.40. The molecule has 4 nitrogen and oxygen atoms in total. The molecule has 0 atom stereocenters. The molecule has 0 fully saturated rings. The van der Waals surface area contributed by atoms with Crippen molar-refractivity contribution in [3.8, 4) is 16.9 Å². The summed E-state index contributed by atoms with van der Waals surface area (Å²) >= 11 is 0. The lowest BCUT2D eigenvalue weighted by atomic mass is 10.0. The van der Waals surface area contributed by atoms with Crippen molar-refractivity contribution in [1.29, 1.82) is 0 Å². The number of aryl methyl sites for hydroxylation is 2. The fraction of sp³-hybridized carbons (Fsp3) is 0.348. The maximum atomic E-state index is 12.2. The quantitative estimate of drug-likeness (QED) is 0.585. The van der Waals surface area contributed by atoms with E-state index >= 15 is 0 Å². The van der Waals surface area contributed by atoms with Crippen LogP contribution in [0.2, 0.25) is 0 Å². The Morgan fingerprint density at radius 3 is 2.52 bits per heavy atom. The van der Waals surface area contributed by atoms with Crippen LogP contribution in [0.5, 0.6) is 5.75 Å². The molecule has 4 heteroatoms. The molecule has 142 valence electrons. The van der Waals surface area contributed by atoms with Crippen molar-refractivity contribution in [2.45, 2.75) is 40.2 Å². The molecule has 0 spiro atoms. The number of hydrogen-bond acceptors (Lipinski definition) is 3. The van der Waals surface area contributed by atoms with E-state index in [1.807, 2.05) is 18.2 Å². The molecule has 0 saturated carbocycles. The highest BCUT2D eigenvalue weighted by Gasteiger charge is 2.31. The van der Waals surface area contributed by atoms with E-state index in [2.05, 4.69) is 49.7 Å². The molecule has 3 aromatic rings. The maximum absolute atomic E-state index is 12.2. The van der Waals surface area contributed by atoms with Gasteiger partial charge in [-0.1, -0.05) is 29.8 Å². The lowest BCUT2D eigenvalue weighted by Gasteiger charge is -2.24. The predicted octanol–water partition coefficient (Wildman–Crippen LogP) is 5.18. The summed E-state index contributed by atoms with van der Waals surface area (Å²) in [5, 5.41) is 1.11. The van der Waals surface area contributed by atoms with Gasteiger partial charge in [0.05, 0.1) is 6.61 Å². The van der Waals surface area contributed by atoms with Gasteiger partial charge < -0.3 is 14.0 Å². The standard InChI is InChI=1S/C23H27NO3/c1-7-26-22(25)23(4,5)27-18-11-12-20-19(14-18)21(16(3)24(20)6)17-10-8-9-15(2)13-17/h8-14H,7H2,1-6H3. The molecule has 0 aliphatic carbocycles. The first-order valence-electron chi connectivity index (χ1n) is 9.27. The van der Waals surface area contributed by atoms with Crippen LogP contribution in [0.3, 0.4) is 0 Å². The van der Waals surface area contributed by atoms with E-state index in [1.165, 1.54) is 22.4 Å². The summed E-state index contributed by atoms with van der Waals surface area (Å²) < 4.78 is 13.3. The van der Waals surface area contributed by atoms with E-state index in [0.717, 1.165) is 10.9 Å². The minimum atomic E-state index is -1.04. The number of benzene rings is 2. The first kappa shape index (κ1) is 19.0. The highest BCUT2D eigenvalue weighted by atomic mass is 16.6. The Bertz CT molecular complexity index is 998.